The minimum Gasteiger partial charge on any atom is -0.403 e. The van der Waals surface area contributed by atoms with Crippen molar-refractivity contribution in [2.45, 2.75) is 19.7 Å². The molecule has 5 nitrogen and oxygen atoms in total. The summed E-state index contributed by atoms with van der Waals surface area (Å²) in [5.41, 5.74) is 2.00. The van der Waals surface area contributed by atoms with Gasteiger partial charge < -0.3 is 19.7 Å². The first-order chi connectivity index (χ1) is 14.8. The molecule has 0 atom stereocenters. The number of aromatic nitrogens is 2. The summed E-state index contributed by atoms with van der Waals surface area (Å²) in [4.78, 5) is 4.41. The van der Waals surface area contributed by atoms with Gasteiger partial charge in [-0.25, -0.2) is 9.37 Å². The number of pyridine rings is 1. The van der Waals surface area contributed by atoms with Gasteiger partial charge in [0.05, 0.1) is 5.52 Å². The topological polar surface area (TPSA) is 59.3 Å². The quantitative estimate of drug-likeness (QED) is 0.319. The average Bonchev–Trinajstić information content (AvgIpc) is 3.13. The number of hydrogen-bond donors (Lipinski definition) is 2. The molecule has 0 unspecified atom stereocenters. The van der Waals surface area contributed by atoms with E-state index in [2.05, 4.69) is 15.0 Å². The van der Waals surface area contributed by atoms with E-state index in [4.69, 9.17) is 5.11 Å². The van der Waals surface area contributed by atoms with Crippen LogP contribution in [-0.4, -0.2) is 34.2 Å². The van der Waals surface area contributed by atoms with E-state index in [-0.39, 0.29) is 17.9 Å². The van der Waals surface area contributed by atoms with Crippen molar-refractivity contribution in [1.29, 1.82) is 0 Å². The molecule has 0 aliphatic carbocycles. The molecule has 0 aliphatic rings. The molecule has 0 saturated carbocycles. The summed E-state index contributed by atoms with van der Waals surface area (Å²) in [6, 6.07) is 10.5. The van der Waals surface area contributed by atoms with Gasteiger partial charge in [0.1, 0.15) is 17.2 Å². The zero-order chi connectivity index (χ0) is 22.2. The number of nitrogens with one attached hydrogen (secondary N) is 1. The van der Waals surface area contributed by atoms with Crippen molar-refractivity contribution in [1.82, 2.24) is 9.55 Å². The summed E-state index contributed by atoms with van der Waals surface area (Å²) in [7, 11) is 0. The van der Waals surface area contributed by atoms with Gasteiger partial charge in [0.15, 0.2) is 5.75 Å². The molecular formula is C22H19F4N3O2. The summed E-state index contributed by atoms with van der Waals surface area (Å²) in [6.45, 7) is 2.10. The summed E-state index contributed by atoms with van der Waals surface area (Å²) < 4.78 is 58.6. The number of aliphatic hydroxyl groups excluding tert-OH is 1. The highest BCUT2D eigenvalue weighted by Gasteiger charge is 2.32. The Labute approximate surface area is 174 Å². The number of alkyl halides is 3. The second kappa shape index (κ2) is 8.07. The number of anilines is 1. The highest BCUT2D eigenvalue weighted by molar-refractivity contribution is 6.10. The van der Waals surface area contributed by atoms with Crippen molar-refractivity contribution >= 4 is 27.6 Å². The SMILES string of the molecule is Cc1cc(F)ccc1-n1ccc2c(NCCCO)nc3c(OC(F)(F)F)cccc3c21. The Morgan fingerprint density at radius 1 is 1.13 bits per heavy atom. The lowest BCUT2D eigenvalue weighted by molar-refractivity contribution is -0.274. The monoisotopic (exact) mass is 433 g/mol. The Morgan fingerprint density at radius 2 is 1.94 bits per heavy atom. The first-order valence-corrected chi connectivity index (χ1v) is 9.59. The van der Waals surface area contributed by atoms with E-state index in [1.54, 1.807) is 35.9 Å². The normalized spacial score (nSPS) is 11.9. The molecule has 9 heteroatoms. The van der Waals surface area contributed by atoms with Crippen molar-refractivity contribution in [2.24, 2.45) is 0 Å². The van der Waals surface area contributed by atoms with Gasteiger partial charge in [0.2, 0.25) is 0 Å². The number of aliphatic hydroxyl groups is 1. The fourth-order valence-electron chi connectivity index (χ4n) is 3.62. The second-order valence-electron chi connectivity index (χ2n) is 7.04. The van der Waals surface area contributed by atoms with Gasteiger partial charge in [-0.15, -0.1) is 13.2 Å². The van der Waals surface area contributed by atoms with Crippen molar-refractivity contribution < 1.29 is 27.4 Å². The Kier molecular flexibility index (Phi) is 5.45. The number of aryl methyl sites for hydroxylation is 1. The van der Waals surface area contributed by atoms with Crippen LogP contribution < -0.4 is 10.1 Å². The van der Waals surface area contributed by atoms with Gasteiger partial charge >= 0.3 is 6.36 Å². The third kappa shape index (κ3) is 4.13. The summed E-state index contributed by atoms with van der Waals surface area (Å²) >= 11 is 0. The Morgan fingerprint density at radius 3 is 2.65 bits per heavy atom. The van der Waals surface area contributed by atoms with Crippen LogP contribution in [0.15, 0.2) is 48.7 Å². The molecule has 0 saturated heterocycles. The van der Waals surface area contributed by atoms with E-state index in [0.29, 0.717) is 46.3 Å². The second-order valence-corrected chi connectivity index (χ2v) is 7.04. The van der Waals surface area contributed by atoms with Crippen LogP contribution in [-0.2, 0) is 0 Å². The molecule has 0 fully saturated rings. The number of benzene rings is 2. The standard InChI is InChI=1S/C22H19F4N3O2/c1-13-12-14(23)6-7-17(13)29-10-8-16-20(29)15-4-2-5-18(31-22(24,25)26)19(15)28-21(16)27-9-3-11-30/h2,4-8,10,12,30H,3,9,11H2,1H3,(H,27,28). The van der Waals surface area contributed by atoms with Gasteiger partial charge in [-0.05, 0) is 49.2 Å². The number of hydrogen-bond acceptors (Lipinski definition) is 4. The molecule has 0 radical (unpaired) electrons. The van der Waals surface area contributed by atoms with Crippen molar-refractivity contribution in [3.63, 3.8) is 0 Å². The van der Waals surface area contributed by atoms with E-state index < -0.39 is 12.1 Å². The van der Waals surface area contributed by atoms with Gasteiger partial charge in [0.25, 0.3) is 0 Å². The highest BCUT2D eigenvalue weighted by Crippen LogP contribution is 2.38. The van der Waals surface area contributed by atoms with E-state index in [0.717, 1.165) is 0 Å². The molecule has 0 bridgehead atoms. The van der Waals surface area contributed by atoms with Crippen LogP contribution in [0.5, 0.6) is 5.75 Å². The molecule has 2 N–H and O–H groups in total. The van der Waals surface area contributed by atoms with Gasteiger partial charge in [0, 0.05) is 35.8 Å². The Hall–Kier alpha value is -3.33. The predicted octanol–water partition coefficient (Wildman–Crippen LogP) is 5.32. The molecular weight excluding hydrogens is 414 g/mol. The molecule has 4 aromatic rings. The van der Waals surface area contributed by atoms with Crippen molar-refractivity contribution in [2.75, 3.05) is 18.5 Å². The highest BCUT2D eigenvalue weighted by atomic mass is 19.4. The largest absolute Gasteiger partial charge is 0.573 e. The van der Waals surface area contributed by atoms with Crippen LogP contribution in [0.4, 0.5) is 23.4 Å². The zero-order valence-corrected chi connectivity index (χ0v) is 16.5. The summed E-state index contributed by atoms with van der Waals surface area (Å²) in [6.07, 6.45) is -2.66. The molecule has 0 aliphatic heterocycles. The lowest BCUT2D eigenvalue weighted by Crippen LogP contribution is -2.17. The van der Waals surface area contributed by atoms with Gasteiger partial charge in [-0.2, -0.15) is 0 Å². The van der Waals surface area contributed by atoms with Crippen molar-refractivity contribution in [3.8, 4) is 11.4 Å². The van der Waals surface area contributed by atoms with E-state index in [1.807, 2.05) is 0 Å². The minimum absolute atomic E-state index is 0.0397. The number of nitrogens with zero attached hydrogens (tertiary/aromatic N) is 2. The Balaban J connectivity index is 2.01. The van der Waals surface area contributed by atoms with Gasteiger partial charge in [-0.1, -0.05) is 12.1 Å². The molecule has 2 aromatic carbocycles. The third-order valence-corrected chi connectivity index (χ3v) is 4.89. The Bertz CT molecular complexity index is 1250. The lowest BCUT2D eigenvalue weighted by atomic mass is 10.1. The number of fused-ring (bicyclic) bond motifs is 3. The molecule has 4 rings (SSSR count). The molecule has 0 amide bonds. The van der Waals surface area contributed by atoms with Crippen molar-refractivity contribution in [3.05, 3.63) is 60.0 Å². The predicted molar refractivity (Wildman–Crippen MR) is 110 cm³/mol. The zero-order valence-electron chi connectivity index (χ0n) is 16.5. The number of halogens is 4. The van der Waals surface area contributed by atoms with Crippen LogP contribution in [0.1, 0.15) is 12.0 Å². The molecule has 2 aromatic heterocycles. The molecule has 0 spiro atoms. The minimum atomic E-state index is -4.87. The number of para-hydroxylation sites is 1. The van der Waals surface area contributed by atoms with E-state index in [1.165, 1.54) is 24.3 Å². The van der Waals surface area contributed by atoms with Crippen LogP contribution >= 0.6 is 0 Å². The van der Waals surface area contributed by atoms with Crippen LogP contribution in [0, 0.1) is 12.7 Å². The number of rotatable bonds is 6. The molecule has 2 heterocycles. The first-order valence-electron chi connectivity index (χ1n) is 9.59. The first kappa shape index (κ1) is 20.9. The maximum atomic E-state index is 13.6. The fourth-order valence-corrected chi connectivity index (χ4v) is 3.62. The smallest absolute Gasteiger partial charge is 0.403 e. The summed E-state index contributed by atoms with van der Waals surface area (Å²) in [5, 5.41) is 13.3. The maximum absolute atomic E-state index is 13.6. The van der Waals surface area contributed by atoms with Crippen LogP contribution in [0.3, 0.4) is 0 Å². The van der Waals surface area contributed by atoms with E-state index in [9.17, 15) is 17.6 Å². The average molecular weight is 433 g/mol. The fraction of sp³-hybridized carbons (Fsp3) is 0.227. The lowest BCUT2D eigenvalue weighted by Gasteiger charge is -2.16. The van der Waals surface area contributed by atoms with Gasteiger partial charge in [-0.3, -0.25) is 0 Å². The third-order valence-electron chi connectivity index (χ3n) is 4.89. The summed E-state index contributed by atoms with van der Waals surface area (Å²) in [5.74, 6) is -0.426. The van der Waals surface area contributed by atoms with Crippen LogP contribution in [0.2, 0.25) is 0 Å². The maximum Gasteiger partial charge on any atom is 0.573 e. The number of ether oxygens (including phenoxy) is 1. The molecule has 162 valence electrons. The molecule has 31 heavy (non-hydrogen) atoms. The van der Waals surface area contributed by atoms with Crippen LogP contribution in [0.25, 0.3) is 27.5 Å². The van der Waals surface area contributed by atoms with E-state index >= 15 is 0 Å².